The molecule has 0 saturated carbocycles. The number of rotatable bonds is 7. The van der Waals surface area contributed by atoms with Crippen molar-refractivity contribution in [3.63, 3.8) is 0 Å². The van der Waals surface area contributed by atoms with Crippen LogP contribution in [0.15, 0.2) is 51.6 Å². The predicted molar refractivity (Wildman–Crippen MR) is 91.2 cm³/mol. The number of carbonyl (C=O) groups excluding carboxylic acids is 2. The fraction of sp³-hybridized carbons (Fsp3) is 0.176. The molecule has 0 aliphatic carbocycles. The molecular weight excluding hydrogens is 378 g/mol. The first-order chi connectivity index (χ1) is 11.6. The molecule has 2 rings (SSSR count). The van der Waals surface area contributed by atoms with Crippen molar-refractivity contribution < 1.29 is 23.5 Å². The summed E-state index contributed by atoms with van der Waals surface area (Å²) in [5, 5.41) is 2.66. The number of methoxy groups -OCH3 is 1. The van der Waals surface area contributed by atoms with E-state index in [0.717, 1.165) is 5.56 Å². The molecule has 0 radical (unpaired) electrons. The van der Waals surface area contributed by atoms with E-state index in [-0.39, 0.29) is 12.5 Å². The molecule has 1 N–H and O–H groups in total. The normalized spacial score (nSPS) is 10.6. The van der Waals surface area contributed by atoms with Crippen LogP contribution in [0.4, 0.5) is 0 Å². The van der Waals surface area contributed by atoms with Gasteiger partial charge in [-0.3, -0.25) is 4.79 Å². The summed E-state index contributed by atoms with van der Waals surface area (Å²) >= 11 is 3.16. The molecule has 0 atom stereocenters. The summed E-state index contributed by atoms with van der Waals surface area (Å²) in [6.45, 7) is -0.0289. The number of nitrogens with one attached hydrogen (secondary N) is 1. The minimum Gasteiger partial charge on any atom is -0.497 e. The van der Waals surface area contributed by atoms with Gasteiger partial charge in [-0.2, -0.15) is 0 Å². The molecule has 24 heavy (non-hydrogen) atoms. The first kappa shape index (κ1) is 17.8. The fourth-order valence-electron chi connectivity index (χ4n) is 1.79. The van der Waals surface area contributed by atoms with Crippen LogP contribution in [0.1, 0.15) is 11.3 Å². The highest BCUT2D eigenvalue weighted by atomic mass is 79.9. The highest BCUT2D eigenvalue weighted by Gasteiger charge is 2.06. The zero-order chi connectivity index (χ0) is 17.4. The molecule has 0 spiro atoms. The molecule has 0 aliphatic rings. The van der Waals surface area contributed by atoms with Crippen molar-refractivity contribution in [1.82, 2.24) is 5.32 Å². The third-order valence-electron chi connectivity index (χ3n) is 2.95. The van der Waals surface area contributed by atoms with E-state index >= 15 is 0 Å². The van der Waals surface area contributed by atoms with E-state index < -0.39 is 5.97 Å². The SMILES string of the molecule is COc1cccc(CNC(=O)COC(=O)/C=C/c2ccc(Br)o2)c1. The monoisotopic (exact) mass is 393 g/mol. The van der Waals surface area contributed by atoms with Gasteiger partial charge >= 0.3 is 5.97 Å². The van der Waals surface area contributed by atoms with Crippen LogP contribution in [-0.2, 0) is 20.9 Å². The highest BCUT2D eigenvalue weighted by molar-refractivity contribution is 9.10. The van der Waals surface area contributed by atoms with Gasteiger partial charge in [-0.25, -0.2) is 4.79 Å². The lowest BCUT2D eigenvalue weighted by molar-refractivity contribution is -0.143. The maximum atomic E-state index is 11.7. The van der Waals surface area contributed by atoms with Gasteiger partial charge in [-0.05, 0) is 51.8 Å². The van der Waals surface area contributed by atoms with Crippen LogP contribution < -0.4 is 10.1 Å². The number of amides is 1. The van der Waals surface area contributed by atoms with Gasteiger partial charge in [0.2, 0.25) is 0 Å². The molecule has 0 saturated heterocycles. The van der Waals surface area contributed by atoms with E-state index in [4.69, 9.17) is 13.9 Å². The quantitative estimate of drug-likeness (QED) is 0.577. The minimum atomic E-state index is -0.626. The summed E-state index contributed by atoms with van der Waals surface area (Å²) in [7, 11) is 1.58. The molecule has 7 heteroatoms. The lowest BCUT2D eigenvalue weighted by Gasteiger charge is -2.07. The van der Waals surface area contributed by atoms with Crippen molar-refractivity contribution >= 4 is 33.9 Å². The molecule has 2 aromatic rings. The molecule has 1 aromatic carbocycles. The van der Waals surface area contributed by atoms with Gasteiger partial charge in [-0.15, -0.1) is 0 Å². The molecule has 1 amide bonds. The van der Waals surface area contributed by atoms with Crippen LogP contribution in [0, 0.1) is 0 Å². The number of carbonyl (C=O) groups is 2. The number of hydrogen-bond donors (Lipinski definition) is 1. The second-order valence-corrected chi connectivity index (χ2v) is 5.49. The number of benzene rings is 1. The van der Waals surface area contributed by atoms with Crippen LogP contribution in [0.2, 0.25) is 0 Å². The Labute approximate surface area is 147 Å². The maximum absolute atomic E-state index is 11.7. The Bertz CT molecular complexity index is 738. The zero-order valence-corrected chi connectivity index (χ0v) is 14.5. The standard InChI is InChI=1S/C17H16BrNO5/c1-22-14-4-2-3-12(9-14)10-19-16(20)11-23-17(21)8-6-13-5-7-15(18)24-13/h2-9H,10-11H2,1H3,(H,19,20)/b8-6+. The largest absolute Gasteiger partial charge is 0.497 e. The second kappa shape index (κ2) is 8.93. The van der Waals surface area contributed by atoms with Crippen molar-refractivity contribution in [2.45, 2.75) is 6.54 Å². The first-order valence-electron chi connectivity index (χ1n) is 7.06. The van der Waals surface area contributed by atoms with Gasteiger partial charge in [0, 0.05) is 12.6 Å². The number of hydrogen-bond acceptors (Lipinski definition) is 5. The minimum absolute atomic E-state index is 0.323. The summed E-state index contributed by atoms with van der Waals surface area (Å²) in [6, 6.07) is 10.7. The van der Waals surface area contributed by atoms with E-state index in [1.807, 2.05) is 24.3 Å². The lowest BCUT2D eigenvalue weighted by Crippen LogP contribution is -2.28. The Morgan fingerprint density at radius 1 is 1.29 bits per heavy atom. The van der Waals surface area contributed by atoms with Crippen LogP contribution in [0.25, 0.3) is 6.08 Å². The topological polar surface area (TPSA) is 77.8 Å². The van der Waals surface area contributed by atoms with Gasteiger partial charge in [0.15, 0.2) is 11.3 Å². The van der Waals surface area contributed by atoms with Gasteiger partial charge in [-0.1, -0.05) is 12.1 Å². The third kappa shape index (κ3) is 5.92. The van der Waals surface area contributed by atoms with Crippen LogP contribution in [-0.4, -0.2) is 25.6 Å². The highest BCUT2D eigenvalue weighted by Crippen LogP contribution is 2.15. The van der Waals surface area contributed by atoms with Gasteiger partial charge < -0.3 is 19.2 Å². The molecule has 0 unspecified atom stereocenters. The van der Waals surface area contributed by atoms with Crippen LogP contribution in [0.3, 0.4) is 0 Å². The zero-order valence-electron chi connectivity index (χ0n) is 13.0. The fourth-order valence-corrected chi connectivity index (χ4v) is 2.11. The van der Waals surface area contributed by atoms with E-state index in [1.54, 1.807) is 19.2 Å². The lowest BCUT2D eigenvalue weighted by atomic mass is 10.2. The number of ether oxygens (including phenoxy) is 2. The first-order valence-corrected chi connectivity index (χ1v) is 7.86. The van der Waals surface area contributed by atoms with Crippen molar-refractivity contribution in [3.8, 4) is 5.75 Å². The molecule has 0 bridgehead atoms. The molecule has 0 fully saturated rings. The van der Waals surface area contributed by atoms with Crippen LogP contribution >= 0.6 is 15.9 Å². The summed E-state index contributed by atoms with van der Waals surface area (Å²) in [4.78, 5) is 23.2. The Morgan fingerprint density at radius 3 is 2.83 bits per heavy atom. The van der Waals surface area contributed by atoms with Crippen molar-refractivity contribution in [1.29, 1.82) is 0 Å². The molecule has 126 valence electrons. The average Bonchev–Trinajstić information content (AvgIpc) is 3.02. The Hall–Kier alpha value is -2.54. The van der Waals surface area contributed by atoms with E-state index in [1.165, 1.54) is 12.2 Å². The number of esters is 1. The van der Waals surface area contributed by atoms with Crippen molar-refractivity contribution in [2.24, 2.45) is 0 Å². The van der Waals surface area contributed by atoms with Crippen LogP contribution in [0.5, 0.6) is 5.75 Å². The molecular formula is C17H16BrNO5. The molecule has 1 heterocycles. The number of halogens is 1. The van der Waals surface area contributed by atoms with Gasteiger partial charge in [0.05, 0.1) is 7.11 Å². The van der Waals surface area contributed by atoms with E-state index in [9.17, 15) is 9.59 Å². The van der Waals surface area contributed by atoms with Gasteiger partial charge in [0.1, 0.15) is 11.5 Å². The van der Waals surface area contributed by atoms with E-state index in [2.05, 4.69) is 21.2 Å². The summed E-state index contributed by atoms with van der Waals surface area (Å²) in [6.07, 6.45) is 2.65. The van der Waals surface area contributed by atoms with Crippen molar-refractivity contribution in [3.05, 3.63) is 58.5 Å². The predicted octanol–water partition coefficient (Wildman–Crippen LogP) is 2.92. The second-order valence-electron chi connectivity index (χ2n) is 4.71. The average molecular weight is 394 g/mol. The van der Waals surface area contributed by atoms with E-state index in [0.29, 0.717) is 22.7 Å². The Morgan fingerprint density at radius 2 is 2.12 bits per heavy atom. The summed E-state index contributed by atoms with van der Waals surface area (Å²) < 4.78 is 15.7. The maximum Gasteiger partial charge on any atom is 0.331 e. The number of furan rings is 1. The van der Waals surface area contributed by atoms with Crippen molar-refractivity contribution in [2.75, 3.05) is 13.7 Å². The Kier molecular flexibility index (Phi) is 6.62. The summed E-state index contributed by atoms with van der Waals surface area (Å²) in [5.41, 5.74) is 0.886. The Balaban J connectivity index is 1.72. The van der Waals surface area contributed by atoms with Gasteiger partial charge in [0.25, 0.3) is 5.91 Å². The molecule has 1 aromatic heterocycles. The summed E-state index contributed by atoms with van der Waals surface area (Å²) in [5.74, 6) is 0.198. The molecule has 0 aliphatic heterocycles. The third-order valence-corrected chi connectivity index (χ3v) is 3.37. The molecule has 6 nitrogen and oxygen atoms in total. The smallest absolute Gasteiger partial charge is 0.331 e.